The molecule has 0 spiro atoms. The van der Waals surface area contributed by atoms with Gasteiger partial charge in [0.15, 0.2) is 0 Å². The van der Waals surface area contributed by atoms with Crippen molar-refractivity contribution >= 4 is 17.5 Å². The Morgan fingerprint density at radius 1 is 1.33 bits per heavy atom. The first-order valence-corrected chi connectivity index (χ1v) is 6.31. The number of nitrogens with two attached hydrogens (primary N) is 1. The molecule has 4 nitrogen and oxygen atoms in total. The zero-order chi connectivity index (χ0) is 13.5. The van der Waals surface area contributed by atoms with E-state index in [-0.39, 0.29) is 5.91 Å². The first-order valence-electron chi connectivity index (χ1n) is 5.93. The molecule has 0 radical (unpaired) electrons. The molecule has 0 saturated carbocycles. The van der Waals surface area contributed by atoms with E-state index in [1.54, 1.807) is 0 Å². The second-order valence-corrected chi connectivity index (χ2v) is 4.62. The molecule has 0 unspecified atom stereocenters. The first-order chi connectivity index (χ1) is 8.54. The standard InChI is InChI=1S/C13H19ClN2O2/c1-9-7-11(8-10(2)13(9)14)18-6-4-3-5-12(17)16-15/h7-8H,3-6,15H2,1-2H3,(H,16,17). The van der Waals surface area contributed by atoms with E-state index in [4.69, 9.17) is 22.2 Å². The second-order valence-electron chi connectivity index (χ2n) is 4.24. The number of nitrogens with one attached hydrogen (secondary N) is 1. The maximum Gasteiger partial charge on any atom is 0.233 e. The molecule has 1 amide bonds. The van der Waals surface area contributed by atoms with Gasteiger partial charge >= 0.3 is 0 Å². The Morgan fingerprint density at radius 2 is 1.94 bits per heavy atom. The van der Waals surface area contributed by atoms with Crippen LogP contribution in [0.2, 0.25) is 5.02 Å². The van der Waals surface area contributed by atoms with Crippen molar-refractivity contribution in [1.82, 2.24) is 5.43 Å². The summed E-state index contributed by atoms with van der Waals surface area (Å²) >= 11 is 6.07. The summed E-state index contributed by atoms with van der Waals surface area (Å²) in [7, 11) is 0. The first kappa shape index (κ1) is 14.8. The summed E-state index contributed by atoms with van der Waals surface area (Å²) in [6.07, 6.45) is 2.00. The summed E-state index contributed by atoms with van der Waals surface area (Å²) in [5.41, 5.74) is 4.12. The van der Waals surface area contributed by atoms with Gasteiger partial charge in [-0.05, 0) is 49.9 Å². The van der Waals surface area contributed by atoms with Crippen molar-refractivity contribution < 1.29 is 9.53 Å². The van der Waals surface area contributed by atoms with E-state index in [0.29, 0.717) is 13.0 Å². The van der Waals surface area contributed by atoms with E-state index in [9.17, 15) is 4.79 Å². The van der Waals surface area contributed by atoms with Crippen molar-refractivity contribution in [3.63, 3.8) is 0 Å². The van der Waals surface area contributed by atoms with Crippen LogP contribution >= 0.6 is 11.6 Å². The lowest BCUT2D eigenvalue weighted by molar-refractivity contribution is -0.121. The number of halogens is 1. The Bertz CT molecular complexity index is 398. The van der Waals surface area contributed by atoms with Gasteiger partial charge in [0, 0.05) is 11.4 Å². The number of hydrogen-bond acceptors (Lipinski definition) is 3. The lowest BCUT2D eigenvalue weighted by Gasteiger charge is -2.09. The number of carbonyl (C=O) groups excluding carboxylic acids is 1. The minimum absolute atomic E-state index is 0.145. The third-order valence-electron chi connectivity index (χ3n) is 2.64. The molecular formula is C13H19ClN2O2. The second kappa shape index (κ2) is 7.24. The molecule has 0 aliphatic carbocycles. The Labute approximate surface area is 112 Å². The Morgan fingerprint density at radius 3 is 2.50 bits per heavy atom. The Hall–Kier alpha value is -1.26. The van der Waals surface area contributed by atoms with Gasteiger partial charge in [-0.25, -0.2) is 5.84 Å². The molecule has 100 valence electrons. The van der Waals surface area contributed by atoms with Crippen LogP contribution in [0.15, 0.2) is 12.1 Å². The molecular weight excluding hydrogens is 252 g/mol. The predicted octanol–water partition coefficient (Wildman–Crippen LogP) is 2.50. The van der Waals surface area contributed by atoms with Gasteiger partial charge in [0.2, 0.25) is 5.91 Å². The number of carbonyl (C=O) groups is 1. The molecule has 18 heavy (non-hydrogen) atoms. The van der Waals surface area contributed by atoms with Crippen molar-refractivity contribution in [2.45, 2.75) is 33.1 Å². The van der Waals surface area contributed by atoms with Gasteiger partial charge in [0.25, 0.3) is 0 Å². The van der Waals surface area contributed by atoms with Crippen LogP contribution in [0.5, 0.6) is 5.75 Å². The van der Waals surface area contributed by atoms with E-state index in [1.165, 1.54) is 0 Å². The van der Waals surface area contributed by atoms with Crippen LogP contribution in [-0.2, 0) is 4.79 Å². The van der Waals surface area contributed by atoms with Crippen LogP contribution in [0.3, 0.4) is 0 Å². The molecule has 1 aromatic rings. The van der Waals surface area contributed by atoms with Crippen LogP contribution in [0.4, 0.5) is 0 Å². The highest BCUT2D eigenvalue weighted by molar-refractivity contribution is 6.32. The zero-order valence-electron chi connectivity index (χ0n) is 10.8. The highest BCUT2D eigenvalue weighted by atomic mass is 35.5. The number of hydrogen-bond donors (Lipinski definition) is 2. The normalized spacial score (nSPS) is 10.2. The molecule has 0 saturated heterocycles. The van der Waals surface area contributed by atoms with Crippen molar-refractivity contribution in [3.05, 3.63) is 28.3 Å². The van der Waals surface area contributed by atoms with Gasteiger partial charge in [-0.3, -0.25) is 10.2 Å². The Balaban J connectivity index is 2.34. The van der Waals surface area contributed by atoms with Crippen LogP contribution in [0, 0.1) is 13.8 Å². The highest BCUT2D eigenvalue weighted by Crippen LogP contribution is 2.25. The number of benzene rings is 1. The van der Waals surface area contributed by atoms with E-state index in [1.807, 2.05) is 26.0 Å². The topological polar surface area (TPSA) is 64.3 Å². The molecule has 0 bridgehead atoms. The maximum atomic E-state index is 10.9. The van der Waals surface area contributed by atoms with Crippen molar-refractivity contribution in [1.29, 1.82) is 0 Å². The average molecular weight is 271 g/mol. The predicted molar refractivity (Wildman–Crippen MR) is 72.6 cm³/mol. The van der Waals surface area contributed by atoms with Crippen molar-refractivity contribution in [2.24, 2.45) is 5.84 Å². The number of hydrazine groups is 1. The van der Waals surface area contributed by atoms with Crippen molar-refractivity contribution in [3.8, 4) is 5.75 Å². The molecule has 0 heterocycles. The molecule has 1 aromatic carbocycles. The fraction of sp³-hybridized carbons (Fsp3) is 0.462. The zero-order valence-corrected chi connectivity index (χ0v) is 11.5. The van der Waals surface area contributed by atoms with Crippen LogP contribution in [0.25, 0.3) is 0 Å². The van der Waals surface area contributed by atoms with Gasteiger partial charge in [0.05, 0.1) is 6.61 Å². The summed E-state index contributed by atoms with van der Waals surface area (Å²) < 4.78 is 5.62. The minimum atomic E-state index is -0.145. The van der Waals surface area contributed by atoms with E-state index >= 15 is 0 Å². The average Bonchev–Trinajstić information content (AvgIpc) is 2.35. The number of ether oxygens (including phenoxy) is 1. The smallest absolute Gasteiger partial charge is 0.233 e. The number of rotatable bonds is 6. The number of aryl methyl sites for hydroxylation is 2. The summed E-state index contributed by atoms with van der Waals surface area (Å²) in [6, 6.07) is 3.84. The van der Waals surface area contributed by atoms with Gasteiger partial charge < -0.3 is 4.74 Å². The van der Waals surface area contributed by atoms with Gasteiger partial charge in [-0.1, -0.05) is 11.6 Å². The minimum Gasteiger partial charge on any atom is -0.494 e. The molecule has 0 aliphatic rings. The molecule has 1 rings (SSSR count). The molecule has 0 atom stereocenters. The summed E-state index contributed by atoms with van der Waals surface area (Å²) in [4.78, 5) is 10.9. The SMILES string of the molecule is Cc1cc(OCCCCC(=O)NN)cc(C)c1Cl. The fourth-order valence-electron chi connectivity index (χ4n) is 1.64. The lowest BCUT2D eigenvalue weighted by atomic mass is 10.1. The van der Waals surface area contributed by atoms with Gasteiger partial charge in [0.1, 0.15) is 5.75 Å². The molecule has 0 fully saturated rings. The monoisotopic (exact) mass is 270 g/mol. The van der Waals surface area contributed by atoms with Crippen LogP contribution < -0.4 is 16.0 Å². The van der Waals surface area contributed by atoms with E-state index in [0.717, 1.165) is 34.7 Å². The van der Waals surface area contributed by atoms with E-state index in [2.05, 4.69) is 5.43 Å². The number of unbranched alkanes of at least 4 members (excludes halogenated alkanes) is 1. The largest absolute Gasteiger partial charge is 0.494 e. The maximum absolute atomic E-state index is 10.9. The quantitative estimate of drug-likeness (QED) is 0.361. The van der Waals surface area contributed by atoms with Crippen LogP contribution in [0.1, 0.15) is 30.4 Å². The van der Waals surface area contributed by atoms with Crippen LogP contribution in [-0.4, -0.2) is 12.5 Å². The van der Waals surface area contributed by atoms with E-state index < -0.39 is 0 Å². The highest BCUT2D eigenvalue weighted by Gasteiger charge is 2.03. The Kier molecular flexibility index (Phi) is 5.95. The summed E-state index contributed by atoms with van der Waals surface area (Å²) in [6.45, 7) is 4.49. The third-order valence-corrected chi connectivity index (χ3v) is 3.23. The summed E-state index contributed by atoms with van der Waals surface area (Å²) in [5, 5.41) is 0.780. The lowest BCUT2D eigenvalue weighted by Crippen LogP contribution is -2.29. The molecule has 0 aromatic heterocycles. The van der Waals surface area contributed by atoms with Gasteiger partial charge in [-0.2, -0.15) is 0 Å². The van der Waals surface area contributed by atoms with Crippen molar-refractivity contribution in [2.75, 3.05) is 6.61 Å². The summed E-state index contributed by atoms with van der Waals surface area (Å²) in [5.74, 6) is 5.65. The molecule has 0 aliphatic heterocycles. The number of amides is 1. The van der Waals surface area contributed by atoms with Gasteiger partial charge in [-0.15, -0.1) is 0 Å². The fourth-order valence-corrected chi connectivity index (χ4v) is 1.75. The molecule has 3 N–H and O–H groups in total. The third kappa shape index (κ3) is 4.55. The molecule has 5 heteroatoms.